The SMILES string of the molecule is COC1(c2noc(C(C)N)n2)CCCC1. The van der Waals surface area contributed by atoms with Gasteiger partial charge in [-0.15, -0.1) is 0 Å². The Labute approximate surface area is 89.0 Å². The normalized spacial score (nSPS) is 21.8. The lowest BCUT2D eigenvalue weighted by molar-refractivity contribution is -0.0178. The second-order valence-corrected chi connectivity index (χ2v) is 4.15. The molecule has 84 valence electrons. The first kappa shape index (κ1) is 10.6. The van der Waals surface area contributed by atoms with Crippen molar-refractivity contribution in [2.24, 2.45) is 5.73 Å². The summed E-state index contributed by atoms with van der Waals surface area (Å²) in [4.78, 5) is 4.31. The number of nitrogens with two attached hydrogens (primary N) is 1. The monoisotopic (exact) mass is 211 g/mol. The molecule has 15 heavy (non-hydrogen) atoms. The summed E-state index contributed by atoms with van der Waals surface area (Å²) >= 11 is 0. The van der Waals surface area contributed by atoms with Crippen LogP contribution in [0.3, 0.4) is 0 Å². The highest BCUT2D eigenvalue weighted by Gasteiger charge is 2.40. The van der Waals surface area contributed by atoms with Crippen molar-refractivity contribution in [1.29, 1.82) is 0 Å². The maximum Gasteiger partial charge on any atom is 0.243 e. The molecule has 1 fully saturated rings. The van der Waals surface area contributed by atoms with Crippen molar-refractivity contribution >= 4 is 0 Å². The van der Waals surface area contributed by atoms with E-state index in [4.69, 9.17) is 15.0 Å². The molecule has 0 saturated heterocycles. The van der Waals surface area contributed by atoms with Crippen molar-refractivity contribution in [2.75, 3.05) is 7.11 Å². The topological polar surface area (TPSA) is 74.2 Å². The minimum atomic E-state index is -0.337. The summed E-state index contributed by atoms with van der Waals surface area (Å²) in [6.07, 6.45) is 4.22. The van der Waals surface area contributed by atoms with Gasteiger partial charge in [-0.2, -0.15) is 4.98 Å². The Morgan fingerprint density at radius 1 is 1.47 bits per heavy atom. The third-order valence-electron chi connectivity index (χ3n) is 3.04. The fourth-order valence-electron chi connectivity index (χ4n) is 2.07. The average Bonchev–Trinajstić information content (AvgIpc) is 2.87. The highest BCUT2D eigenvalue weighted by Crippen LogP contribution is 2.40. The van der Waals surface area contributed by atoms with E-state index >= 15 is 0 Å². The highest BCUT2D eigenvalue weighted by atomic mass is 16.5. The van der Waals surface area contributed by atoms with E-state index < -0.39 is 0 Å². The van der Waals surface area contributed by atoms with Crippen LogP contribution in [0.15, 0.2) is 4.52 Å². The summed E-state index contributed by atoms with van der Waals surface area (Å²) in [7, 11) is 1.70. The van der Waals surface area contributed by atoms with Gasteiger partial charge in [0.05, 0.1) is 6.04 Å². The van der Waals surface area contributed by atoms with Crippen LogP contribution in [-0.2, 0) is 10.3 Å². The van der Waals surface area contributed by atoms with Gasteiger partial charge < -0.3 is 15.0 Å². The van der Waals surface area contributed by atoms with E-state index in [1.54, 1.807) is 7.11 Å². The zero-order valence-corrected chi connectivity index (χ0v) is 9.19. The van der Waals surface area contributed by atoms with E-state index in [2.05, 4.69) is 10.1 Å². The fraction of sp³-hybridized carbons (Fsp3) is 0.800. The first-order valence-electron chi connectivity index (χ1n) is 5.33. The van der Waals surface area contributed by atoms with Crippen LogP contribution in [-0.4, -0.2) is 17.3 Å². The Hall–Kier alpha value is -0.940. The van der Waals surface area contributed by atoms with Gasteiger partial charge in [-0.25, -0.2) is 0 Å². The molecule has 5 nitrogen and oxygen atoms in total. The van der Waals surface area contributed by atoms with Gasteiger partial charge in [-0.3, -0.25) is 0 Å². The first-order chi connectivity index (χ1) is 7.18. The van der Waals surface area contributed by atoms with Crippen LogP contribution in [0.5, 0.6) is 0 Å². The average molecular weight is 211 g/mol. The van der Waals surface area contributed by atoms with Crippen molar-refractivity contribution < 1.29 is 9.26 Å². The van der Waals surface area contributed by atoms with Crippen molar-refractivity contribution in [1.82, 2.24) is 10.1 Å². The summed E-state index contributed by atoms with van der Waals surface area (Å²) < 4.78 is 10.7. The van der Waals surface area contributed by atoms with E-state index in [-0.39, 0.29) is 11.6 Å². The number of methoxy groups -OCH3 is 1. The van der Waals surface area contributed by atoms with Crippen LogP contribution in [0.1, 0.15) is 50.4 Å². The summed E-state index contributed by atoms with van der Waals surface area (Å²) in [5, 5.41) is 3.97. The van der Waals surface area contributed by atoms with Crippen molar-refractivity contribution in [3.63, 3.8) is 0 Å². The largest absolute Gasteiger partial charge is 0.370 e. The maximum atomic E-state index is 5.67. The second kappa shape index (κ2) is 3.90. The molecule has 2 rings (SSSR count). The predicted octanol–water partition coefficient (Wildman–Crippen LogP) is 1.50. The molecular formula is C10H17N3O2. The molecular weight excluding hydrogens is 194 g/mol. The number of hydrogen-bond acceptors (Lipinski definition) is 5. The van der Waals surface area contributed by atoms with Gasteiger partial charge in [0.2, 0.25) is 11.7 Å². The van der Waals surface area contributed by atoms with E-state index in [0.29, 0.717) is 11.7 Å². The Bertz CT molecular complexity index is 329. The predicted molar refractivity (Wildman–Crippen MR) is 54.1 cm³/mol. The standard InChI is InChI=1S/C10H17N3O2/c1-7(11)8-12-9(13-15-8)10(14-2)5-3-4-6-10/h7H,3-6,11H2,1-2H3. The smallest absolute Gasteiger partial charge is 0.243 e. The Kier molecular flexibility index (Phi) is 2.75. The summed E-state index contributed by atoms with van der Waals surface area (Å²) in [6, 6.07) is -0.221. The lowest BCUT2D eigenvalue weighted by atomic mass is 10.0. The maximum absolute atomic E-state index is 5.67. The zero-order chi connectivity index (χ0) is 10.9. The number of hydrogen-bond donors (Lipinski definition) is 1. The number of ether oxygens (including phenoxy) is 1. The fourth-order valence-corrected chi connectivity index (χ4v) is 2.07. The molecule has 1 aliphatic rings. The second-order valence-electron chi connectivity index (χ2n) is 4.15. The molecule has 1 atom stereocenters. The molecule has 1 saturated carbocycles. The van der Waals surface area contributed by atoms with Gasteiger partial charge in [-0.1, -0.05) is 5.16 Å². The van der Waals surface area contributed by atoms with Crippen LogP contribution >= 0.6 is 0 Å². The van der Waals surface area contributed by atoms with Crippen LogP contribution in [0.2, 0.25) is 0 Å². The lowest BCUT2D eigenvalue weighted by Crippen LogP contribution is -2.26. The number of rotatable bonds is 3. The number of nitrogens with zero attached hydrogens (tertiary/aromatic N) is 2. The molecule has 0 radical (unpaired) electrons. The first-order valence-corrected chi connectivity index (χ1v) is 5.33. The van der Waals surface area contributed by atoms with Crippen molar-refractivity contribution in [3.8, 4) is 0 Å². The molecule has 1 unspecified atom stereocenters. The molecule has 1 heterocycles. The Morgan fingerprint density at radius 2 is 2.13 bits per heavy atom. The van der Waals surface area contributed by atoms with Gasteiger partial charge in [0.1, 0.15) is 5.60 Å². The van der Waals surface area contributed by atoms with Crippen LogP contribution in [0, 0.1) is 0 Å². The third-order valence-corrected chi connectivity index (χ3v) is 3.04. The Morgan fingerprint density at radius 3 is 2.60 bits per heavy atom. The zero-order valence-electron chi connectivity index (χ0n) is 9.19. The van der Waals surface area contributed by atoms with Crippen molar-refractivity contribution in [3.05, 3.63) is 11.7 Å². The summed E-state index contributed by atoms with van der Waals surface area (Å²) in [5.74, 6) is 1.13. The van der Waals surface area contributed by atoms with Gasteiger partial charge in [-0.05, 0) is 32.6 Å². The molecule has 2 N–H and O–H groups in total. The number of aromatic nitrogens is 2. The van der Waals surface area contributed by atoms with Gasteiger partial charge in [0.15, 0.2) is 0 Å². The van der Waals surface area contributed by atoms with Crippen LogP contribution in [0.4, 0.5) is 0 Å². The molecule has 1 aromatic heterocycles. The van der Waals surface area contributed by atoms with Gasteiger partial charge >= 0.3 is 0 Å². The lowest BCUT2D eigenvalue weighted by Gasteiger charge is -2.22. The van der Waals surface area contributed by atoms with Crippen molar-refractivity contribution in [2.45, 2.75) is 44.2 Å². The van der Waals surface area contributed by atoms with Gasteiger partial charge in [0.25, 0.3) is 0 Å². The third kappa shape index (κ3) is 1.77. The van der Waals surface area contributed by atoms with Crippen LogP contribution < -0.4 is 5.73 Å². The van der Waals surface area contributed by atoms with Gasteiger partial charge in [0, 0.05) is 7.11 Å². The minimum Gasteiger partial charge on any atom is -0.370 e. The molecule has 5 heteroatoms. The minimum absolute atomic E-state index is 0.221. The summed E-state index contributed by atoms with van der Waals surface area (Å²) in [6.45, 7) is 1.82. The molecule has 0 spiro atoms. The molecule has 1 aromatic rings. The molecule has 0 bridgehead atoms. The summed E-state index contributed by atoms with van der Waals surface area (Å²) in [5.41, 5.74) is 5.34. The molecule has 1 aliphatic carbocycles. The molecule has 0 aliphatic heterocycles. The quantitative estimate of drug-likeness (QED) is 0.820. The molecule has 0 amide bonds. The van der Waals surface area contributed by atoms with E-state index in [1.807, 2.05) is 6.92 Å². The molecule has 0 aromatic carbocycles. The Balaban J connectivity index is 2.27. The highest BCUT2D eigenvalue weighted by molar-refractivity contribution is 5.05. The van der Waals surface area contributed by atoms with Crippen LogP contribution in [0.25, 0.3) is 0 Å². The van der Waals surface area contributed by atoms with E-state index in [0.717, 1.165) is 25.7 Å². The van der Waals surface area contributed by atoms with E-state index in [1.165, 1.54) is 0 Å². The van der Waals surface area contributed by atoms with E-state index in [9.17, 15) is 0 Å².